The third-order valence-corrected chi connectivity index (χ3v) is 7.93. The number of anilines is 1. The fraction of sp³-hybridized carbons (Fsp3) is 0.125. The molecule has 44 heavy (non-hydrogen) atoms. The fourth-order valence-electron chi connectivity index (χ4n) is 5.17. The standard InChI is InChI=1S/C40H35NO3/c1-28-4-8-30(9-5-28)31-10-16-34(17-11-31)41(3)35-18-26-39(27-19-35)44-38-24-14-33(15-25-38)40(42)32-12-22-37(23-13-32)43-36-20-6-29(2)7-21-36/h4-18,20-27,35H,19H2,1-3H3. The minimum Gasteiger partial charge on any atom is -0.458 e. The van der Waals surface area contributed by atoms with Gasteiger partial charge in [0.1, 0.15) is 23.0 Å². The summed E-state index contributed by atoms with van der Waals surface area (Å²) in [6, 6.07) is 39.9. The van der Waals surface area contributed by atoms with Crippen molar-refractivity contribution < 1.29 is 14.3 Å². The van der Waals surface area contributed by atoms with Gasteiger partial charge in [0, 0.05) is 23.9 Å². The van der Waals surface area contributed by atoms with E-state index in [4.69, 9.17) is 9.47 Å². The molecule has 1 unspecified atom stereocenters. The van der Waals surface area contributed by atoms with Crippen molar-refractivity contribution in [2.75, 3.05) is 11.9 Å². The molecule has 0 bridgehead atoms. The molecule has 1 aliphatic rings. The Hall–Kier alpha value is -5.35. The second kappa shape index (κ2) is 12.9. The van der Waals surface area contributed by atoms with Crippen LogP contribution in [0.1, 0.15) is 33.5 Å². The molecule has 0 saturated heterocycles. The van der Waals surface area contributed by atoms with Gasteiger partial charge in [0.15, 0.2) is 5.78 Å². The monoisotopic (exact) mass is 577 g/mol. The Balaban J connectivity index is 1.02. The molecule has 5 aromatic rings. The van der Waals surface area contributed by atoms with Gasteiger partial charge < -0.3 is 14.4 Å². The molecule has 0 spiro atoms. The van der Waals surface area contributed by atoms with Gasteiger partial charge >= 0.3 is 0 Å². The Morgan fingerprint density at radius 2 is 1.07 bits per heavy atom. The SMILES string of the molecule is Cc1ccc(Oc2ccc(C(=O)c3ccc(OC4=CCC(N(C)c5ccc(-c6ccc(C)cc6)cc5)C=C4)cc3)cc2)cc1. The van der Waals surface area contributed by atoms with Crippen LogP contribution in [0.25, 0.3) is 11.1 Å². The summed E-state index contributed by atoms with van der Waals surface area (Å²) in [7, 11) is 2.12. The van der Waals surface area contributed by atoms with Crippen molar-refractivity contribution in [2.45, 2.75) is 26.3 Å². The summed E-state index contributed by atoms with van der Waals surface area (Å²) in [5, 5.41) is 0. The minimum atomic E-state index is -0.0482. The van der Waals surface area contributed by atoms with Crippen LogP contribution in [0, 0.1) is 13.8 Å². The van der Waals surface area contributed by atoms with Crippen molar-refractivity contribution in [3.63, 3.8) is 0 Å². The van der Waals surface area contributed by atoms with E-state index in [1.54, 1.807) is 24.3 Å². The first-order chi connectivity index (χ1) is 21.4. The molecule has 0 heterocycles. The van der Waals surface area contributed by atoms with Gasteiger partial charge in [-0.05, 0) is 116 Å². The second-order valence-corrected chi connectivity index (χ2v) is 11.2. The molecule has 5 aromatic carbocycles. The zero-order valence-electron chi connectivity index (χ0n) is 25.2. The Morgan fingerprint density at radius 1 is 0.614 bits per heavy atom. The number of allylic oxidation sites excluding steroid dienone is 1. The number of ketones is 1. The van der Waals surface area contributed by atoms with Crippen molar-refractivity contribution in [2.24, 2.45) is 0 Å². The van der Waals surface area contributed by atoms with Crippen molar-refractivity contribution in [3.05, 3.63) is 168 Å². The maximum atomic E-state index is 13.1. The highest BCUT2D eigenvalue weighted by Crippen LogP contribution is 2.28. The number of aryl methyl sites for hydroxylation is 2. The van der Waals surface area contributed by atoms with Crippen LogP contribution >= 0.6 is 0 Å². The van der Waals surface area contributed by atoms with Crippen LogP contribution in [0.3, 0.4) is 0 Å². The summed E-state index contributed by atoms with van der Waals surface area (Å²) in [4.78, 5) is 15.3. The summed E-state index contributed by atoms with van der Waals surface area (Å²) in [5.74, 6) is 2.89. The van der Waals surface area contributed by atoms with E-state index in [0.29, 0.717) is 22.6 Å². The molecule has 218 valence electrons. The summed E-state index contributed by atoms with van der Waals surface area (Å²) in [6.07, 6.45) is 7.14. The first kappa shape index (κ1) is 28.8. The van der Waals surface area contributed by atoms with Crippen LogP contribution in [0.2, 0.25) is 0 Å². The molecule has 0 fully saturated rings. The number of ether oxygens (including phenoxy) is 2. The average Bonchev–Trinajstić information content (AvgIpc) is 3.07. The Bertz CT molecular complexity index is 1780. The van der Waals surface area contributed by atoms with Gasteiger partial charge in [-0.25, -0.2) is 0 Å². The number of carbonyl (C=O) groups is 1. The van der Waals surface area contributed by atoms with Crippen LogP contribution in [-0.4, -0.2) is 18.9 Å². The third-order valence-electron chi connectivity index (χ3n) is 7.93. The van der Waals surface area contributed by atoms with Crippen molar-refractivity contribution >= 4 is 11.5 Å². The van der Waals surface area contributed by atoms with E-state index < -0.39 is 0 Å². The normalized spacial score (nSPS) is 14.1. The Labute approximate surface area is 259 Å². The average molecular weight is 578 g/mol. The molecular formula is C40H35NO3. The maximum absolute atomic E-state index is 13.1. The maximum Gasteiger partial charge on any atom is 0.193 e. The van der Waals surface area contributed by atoms with Crippen LogP contribution in [0.15, 0.2) is 145 Å². The first-order valence-electron chi connectivity index (χ1n) is 14.9. The minimum absolute atomic E-state index is 0.0482. The Morgan fingerprint density at radius 3 is 1.57 bits per heavy atom. The number of likely N-dealkylation sites (N-methyl/N-ethyl adjacent to an activating group) is 1. The topological polar surface area (TPSA) is 38.8 Å². The number of rotatable bonds is 9. The van der Waals surface area contributed by atoms with E-state index >= 15 is 0 Å². The molecule has 0 N–H and O–H groups in total. The highest BCUT2D eigenvalue weighted by Gasteiger charge is 2.16. The number of benzene rings is 5. The van der Waals surface area contributed by atoms with Crippen LogP contribution in [0.5, 0.6) is 17.2 Å². The predicted molar refractivity (Wildman–Crippen MR) is 179 cm³/mol. The summed E-state index contributed by atoms with van der Waals surface area (Å²) >= 11 is 0. The first-order valence-corrected chi connectivity index (χ1v) is 14.9. The molecule has 0 amide bonds. The smallest absolute Gasteiger partial charge is 0.193 e. The highest BCUT2D eigenvalue weighted by atomic mass is 16.5. The van der Waals surface area contributed by atoms with E-state index in [9.17, 15) is 4.79 Å². The van der Waals surface area contributed by atoms with Gasteiger partial charge in [-0.3, -0.25) is 4.79 Å². The Kier molecular flexibility index (Phi) is 8.42. The fourth-order valence-corrected chi connectivity index (χ4v) is 5.17. The molecular weight excluding hydrogens is 542 g/mol. The van der Waals surface area contributed by atoms with Crippen molar-refractivity contribution in [1.82, 2.24) is 0 Å². The van der Waals surface area contributed by atoms with Gasteiger partial charge in [0.2, 0.25) is 0 Å². The highest BCUT2D eigenvalue weighted by molar-refractivity contribution is 6.09. The van der Waals surface area contributed by atoms with Crippen LogP contribution in [0.4, 0.5) is 5.69 Å². The lowest BCUT2D eigenvalue weighted by atomic mass is 10.0. The van der Waals surface area contributed by atoms with Gasteiger partial charge in [0.05, 0.1) is 6.04 Å². The molecule has 6 rings (SSSR count). The molecule has 0 aliphatic heterocycles. The summed E-state index contributed by atoms with van der Waals surface area (Å²) < 4.78 is 12.0. The van der Waals surface area contributed by atoms with E-state index in [1.807, 2.05) is 61.5 Å². The third kappa shape index (κ3) is 6.82. The zero-order valence-corrected chi connectivity index (χ0v) is 25.2. The molecule has 1 atom stereocenters. The molecule has 4 heteroatoms. The van der Waals surface area contributed by atoms with Crippen molar-refractivity contribution in [1.29, 1.82) is 0 Å². The quantitative estimate of drug-likeness (QED) is 0.164. The second-order valence-electron chi connectivity index (χ2n) is 11.2. The lowest BCUT2D eigenvalue weighted by molar-refractivity contribution is 0.103. The van der Waals surface area contributed by atoms with Gasteiger partial charge in [0.25, 0.3) is 0 Å². The summed E-state index contributed by atoms with van der Waals surface area (Å²) in [5.41, 5.74) is 7.26. The predicted octanol–water partition coefficient (Wildman–Crippen LogP) is 9.72. The zero-order chi connectivity index (χ0) is 30.5. The largest absolute Gasteiger partial charge is 0.458 e. The molecule has 4 nitrogen and oxygen atoms in total. The summed E-state index contributed by atoms with van der Waals surface area (Å²) in [6.45, 7) is 4.14. The molecule has 0 aromatic heterocycles. The number of hydrogen-bond acceptors (Lipinski definition) is 4. The molecule has 0 saturated carbocycles. The molecule has 1 aliphatic carbocycles. The van der Waals surface area contributed by atoms with E-state index in [1.165, 1.54) is 27.9 Å². The van der Waals surface area contributed by atoms with E-state index in [-0.39, 0.29) is 11.8 Å². The lowest BCUT2D eigenvalue weighted by Crippen LogP contribution is -2.30. The van der Waals surface area contributed by atoms with Crippen molar-refractivity contribution in [3.8, 4) is 28.4 Å². The van der Waals surface area contributed by atoms with Crippen LogP contribution in [-0.2, 0) is 0 Å². The number of nitrogens with zero attached hydrogens (tertiary/aromatic N) is 1. The van der Waals surface area contributed by atoms with Gasteiger partial charge in [-0.1, -0.05) is 65.7 Å². The lowest BCUT2D eigenvalue weighted by Gasteiger charge is -2.29. The number of carbonyl (C=O) groups excluding carboxylic acids is 1. The van der Waals surface area contributed by atoms with E-state index in [2.05, 4.69) is 79.6 Å². The van der Waals surface area contributed by atoms with E-state index in [0.717, 1.165) is 17.9 Å². The van der Waals surface area contributed by atoms with Crippen LogP contribution < -0.4 is 14.4 Å². The molecule has 0 radical (unpaired) electrons. The van der Waals surface area contributed by atoms with Gasteiger partial charge in [-0.2, -0.15) is 0 Å². The number of hydrogen-bond donors (Lipinski definition) is 0. The van der Waals surface area contributed by atoms with Gasteiger partial charge in [-0.15, -0.1) is 0 Å².